The highest BCUT2D eigenvalue weighted by Crippen LogP contribution is 2.28. The topological polar surface area (TPSA) is 67.4 Å². The maximum absolute atomic E-state index is 12.2. The number of fused-ring (bicyclic) bond motifs is 1. The highest BCUT2D eigenvalue weighted by atomic mass is 32.1. The van der Waals surface area contributed by atoms with Gasteiger partial charge in [0.15, 0.2) is 0 Å². The van der Waals surface area contributed by atoms with Crippen molar-refractivity contribution in [3.05, 3.63) is 52.2 Å². The Morgan fingerprint density at radius 3 is 2.83 bits per heavy atom. The third kappa shape index (κ3) is 4.14. The van der Waals surface area contributed by atoms with Crippen LogP contribution in [0.25, 0.3) is 0 Å². The lowest BCUT2D eigenvalue weighted by Crippen LogP contribution is -2.37. The van der Waals surface area contributed by atoms with Crippen LogP contribution < -0.4 is 15.4 Å². The number of rotatable bonds is 6. The predicted octanol–water partition coefficient (Wildman–Crippen LogP) is 2.44. The van der Waals surface area contributed by atoms with Gasteiger partial charge >= 0.3 is 0 Å². The van der Waals surface area contributed by atoms with E-state index in [4.69, 9.17) is 4.74 Å². The molecule has 2 amide bonds. The predicted molar refractivity (Wildman–Crippen MR) is 93.1 cm³/mol. The van der Waals surface area contributed by atoms with E-state index in [0.717, 1.165) is 17.0 Å². The van der Waals surface area contributed by atoms with E-state index < -0.39 is 0 Å². The van der Waals surface area contributed by atoms with Gasteiger partial charge in [-0.05, 0) is 23.1 Å². The van der Waals surface area contributed by atoms with Crippen molar-refractivity contribution in [1.29, 1.82) is 0 Å². The average Bonchev–Trinajstić information content (AvgIpc) is 3.21. The Kier molecular flexibility index (Phi) is 5.15. The molecule has 2 aromatic rings. The van der Waals surface area contributed by atoms with E-state index in [0.29, 0.717) is 6.54 Å². The van der Waals surface area contributed by atoms with Gasteiger partial charge in [0.05, 0.1) is 19.0 Å². The van der Waals surface area contributed by atoms with Gasteiger partial charge in [-0.2, -0.15) is 0 Å². The lowest BCUT2D eigenvalue weighted by atomic mass is 10.1. The molecule has 126 valence electrons. The van der Waals surface area contributed by atoms with E-state index in [1.807, 2.05) is 41.8 Å². The molecule has 2 atom stereocenters. The van der Waals surface area contributed by atoms with Crippen molar-refractivity contribution in [2.45, 2.75) is 31.9 Å². The number of hydrogen-bond donors (Lipinski definition) is 2. The van der Waals surface area contributed by atoms with Crippen molar-refractivity contribution in [1.82, 2.24) is 10.6 Å². The largest absolute Gasteiger partial charge is 0.488 e. The minimum atomic E-state index is -0.288. The highest BCUT2D eigenvalue weighted by Gasteiger charge is 2.24. The van der Waals surface area contributed by atoms with E-state index in [9.17, 15) is 9.59 Å². The van der Waals surface area contributed by atoms with Gasteiger partial charge < -0.3 is 15.4 Å². The molecule has 0 fully saturated rings. The molecular weight excluding hydrogens is 324 g/mol. The fourth-order valence-electron chi connectivity index (χ4n) is 2.81. The molecule has 1 aliphatic rings. The highest BCUT2D eigenvalue weighted by molar-refractivity contribution is 7.10. The van der Waals surface area contributed by atoms with Crippen molar-refractivity contribution >= 4 is 23.2 Å². The Morgan fingerprint density at radius 2 is 2.12 bits per heavy atom. The lowest BCUT2D eigenvalue weighted by Gasteiger charge is -2.17. The molecule has 24 heavy (non-hydrogen) atoms. The van der Waals surface area contributed by atoms with Crippen LogP contribution in [0.1, 0.15) is 29.8 Å². The van der Waals surface area contributed by atoms with Crippen LogP contribution in [0.15, 0.2) is 41.8 Å². The van der Waals surface area contributed by atoms with Crippen LogP contribution in [-0.2, 0) is 16.0 Å². The van der Waals surface area contributed by atoms with Gasteiger partial charge in [0.25, 0.3) is 0 Å². The Bertz CT molecular complexity index is 690. The number of carbonyl (C=O) groups excluding carboxylic acids is 2. The second kappa shape index (κ2) is 7.49. The third-order valence-corrected chi connectivity index (χ3v) is 4.88. The Morgan fingerprint density at radius 1 is 1.29 bits per heavy atom. The number of nitrogens with one attached hydrogen (secondary N) is 2. The first kappa shape index (κ1) is 16.5. The zero-order valence-corrected chi connectivity index (χ0v) is 14.3. The minimum Gasteiger partial charge on any atom is -0.488 e. The summed E-state index contributed by atoms with van der Waals surface area (Å²) in [7, 11) is 0. The smallest absolute Gasteiger partial charge is 0.222 e. The zero-order chi connectivity index (χ0) is 16.9. The molecule has 0 saturated carbocycles. The van der Waals surface area contributed by atoms with Crippen molar-refractivity contribution in [2.24, 2.45) is 0 Å². The van der Waals surface area contributed by atoms with Gasteiger partial charge in [0.2, 0.25) is 11.8 Å². The summed E-state index contributed by atoms with van der Waals surface area (Å²) < 4.78 is 5.82. The van der Waals surface area contributed by atoms with Gasteiger partial charge in [-0.3, -0.25) is 9.59 Å². The van der Waals surface area contributed by atoms with Crippen LogP contribution in [-0.4, -0.2) is 24.5 Å². The van der Waals surface area contributed by atoms with Crippen molar-refractivity contribution in [2.75, 3.05) is 6.54 Å². The van der Waals surface area contributed by atoms with Crippen LogP contribution in [0.3, 0.4) is 0 Å². The molecule has 1 aromatic heterocycles. The van der Waals surface area contributed by atoms with Crippen LogP contribution in [0.4, 0.5) is 0 Å². The monoisotopic (exact) mass is 344 g/mol. The Hall–Kier alpha value is -2.34. The molecule has 0 saturated heterocycles. The fourth-order valence-corrected chi connectivity index (χ4v) is 3.59. The molecule has 0 aliphatic carbocycles. The molecule has 0 spiro atoms. The van der Waals surface area contributed by atoms with E-state index in [-0.39, 0.29) is 30.4 Å². The van der Waals surface area contributed by atoms with E-state index in [1.54, 1.807) is 0 Å². The quantitative estimate of drug-likeness (QED) is 0.846. The molecular formula is C18H20N2O3S. The van der Waals surface area contributed by atoms with E-state index >= 15 is 0 Å². The number of thiophene rings is 1. The standard InChI is InChI=1S/C18H20N2O3S/c1-12(21)20-15(17-7-4-8-24-17)10-18(22)19-11-14-9-13-5-2-3-6-16(13)23-14/h2-8,14-15H,9-11H2,1H3,(H,19,22)(H,20,21). The maximum Gasteiger partial charge on any atom is 0.222 e. The SMILES string of the molecule is CC(=O)NC(CC(=O)NCC1Cc2ccccc2O1)c1cccs1. The first-order chi connectivity index (χ1) is 11.6. The Labute approximate surface area is 145 Å². The first-order valence-corrected chi connectivity index (χ1v) is 8.81. The molecule has 2 unspecified atom stereocenters. The first-order valence-electron chi connectivity index (χ1n) is 7.93. The summed E-state index contributed by atoms with van der Waals surface area (Å²) in [6.45, 7) is 1.92. The van der Waals surface area contributed by atoms with Gasteiger partial charge in [-0.1, -0.05) is 24.3 Å². The number of carbonyl (C=O) groups is 2. The molecule has 3 rings (SSSR count). The number of benzene rings is 1. The van der Waals surface area contributed by atoms with Gasteiger partial charge in [0, 0.05) is 18.2 Å². The molecule has 2 N–H and O–H groups in total. The fraction of sp³-hybridized carbons (Fsp3) is 0.333. The van der Waals surface area contributed by atoms with Gasteiger partial charge in [-0.15, -0.1) is 11.3 Å². The number of amides is 2. The number of ether oxygens (including phenoxy) is 1. The minimum absolute atomic E-state index is 0.0349. The summed E-state index contributed by atoms with van der Waals surface area (Å²) in [6, 6.07) is 11.5. The summed E-state index contributed by atoms with van der Waals surface area (Å²) in [6.07, 6.45) is 0.989. The normalized spacial score (nSPS) is 16.8. The van der Waals surface area contributed by atoms with Crippen molar-refractivity contribution in [3.8, 4) is 5.75 Å². The maximum atomic E-state index is 12.2. The summed E-state index contributed by atoms with van der Waals surface area (Å²) in [4.78, 5) is 24.6. The Balaban J connectivity index is 1.51. The van der Waals surface area contributed by atoms with Crippen LogP contribution in [0.2, 0.25) is 0 Å². The van der Waals surface area contributed by atoms with Gasteiger partial charge in [-0.25, -0.2) is 0 Å². The second-order valence-electron chi connectivity index (χ2n) is 5.83. The molecule has 2 heterocycles. The third-order valence-electron chi connectivity index (χ3n) is 3.89. The summed E-state index contributed by atoms with van der Waals surface area (Å²) >= 11 is 1.53. The molecule has 0 radical (unpaired) electrons. The molecule has 1 aromatic carbocycles. The lowest BCUT2D eigenvalue weighted by molar-refractivity contribution is -0.123. The molecule has 1 aliphatic heterocycles. The molecule has 5 nitrogen and oxygen atoms in total. The summed E-state index contributed by atoms with van der Waals surface area (Å²) in [5, 5.41) is 7.69. The second-order valence-corrected chi connectivity index (χ2v) is 6.81. The number of para-hydroxylation sites is 1. The van der Waals surface area contributed by atoms with Crippen LogP contribution in [0.5, 0.6) is 5.75 Å². The van der Waals surface area contributed by atoms with Crippen molar-refractivity contribution in [3.63, 3.8) is 0 Å². The van der Waals surface area contributed by atoms with Gasteiger partial charge in [0.1, 0.15) is 11.9 Å². The van der Waals surface area contributed by atoms with Crippen LogP contribution in [0, 0.1) is 0 Å². The molecule has 6 heteroatoms. The number of hydrogen-bond acceptors (Lipinski definition) is 4. The zero-order valence-electron chi connectivity index (χ0n) is 13.5. The van der Waals surface area contributed by atoms with Crippen LogP contribution >= 0.6 is 11.3 Å². The van der Waals surface area contributed by atoms with Crippen molar-refractivity contribution < 1.29 is 14.3 Å². The summed E-state index contributed by atoms with van der Waals surface area (Å²) in [5.41, 5.74) is 1.17. The molecule has 0 bridgehead atoms. The summed E-state index contributed by atoms with van der Waals surface area (Å²) in [5.74, 6) is 0.656. The van der Waals surface area contributed by atoms with E-state index in [1.165, 1.54) is 23.8 Å². The van der Waals surface area contributed by atoms with E-state index in [2.05, 4.69) is 10.6 Å². The average molecular weight is 344 g/mol.